The van der Waals surface area contributed by atoms with Gasteiger partial charge in [0, 0.05) is 13.1 Å². The van der Waals surface area contributed by atoms with Crippen LogP contribution in [0.3, 0.4) is 0 Å². The summed E-state index contributed by atoms with van der Waals surface area (Å²) in [5, 5.41) is 0. The Balaban J connectivity index is 4.50. The van der Waals surface area contributed by atoms with Crippen LogP contribution in [0.1, 0.15) is 13.8 Å². The predicted octanol–water partition coefficient (Wildman–Crippen LogP) is 2.70. The number of rotatable bonds is 4. The van der Waals surface area contributed by atoms with Gasteiger partial charge in [0.1, 0.15) is 0 Å². The van der Waals surface area contributed by atoms with Crippen molar-refractivity contribution in [3.63, 3.8) is 0 Å². The Morgan fingerprint density at radius 3 is 1.83 bits per heavy atom. The first-order valence-electron chi connectivity index (χ1n) is 3.62. The van der Waals surface area contributed by atoms with Gasteiger partial charge in [-0.25, -0.2) is 13.2 Å². The third-order valence-corrected chi connectivity index (χ3v) is 1.43. The molecule has 1 nitrogen and oxygen atoms in total. The van der Waals surface area contributed by atoms with Gasteiger partial charge >= 0.3 is 0 Å². The minimum Gasteiger partial charge on any atom is -0.347 e. The second-order valence-electron chi connectivity index (χ2n) is 2.11. The van der Waals surface area contributed by atoms with E-state index in [-0.39, 0.29) is 13.1 Å². The number of hydrogen-bond donors (Lipinski definition) is 0. The molecule has 0 saturated carbocycles. The average molecular weight is 185 g/mol. The number of allylic oxidation sites excluding steroid dienone is 1. The number of nitrogens with zero attached hydrogens (tertiary/aromatic N) is 1. The molecule has 0 aliphatic heterocycles. The van der Waals surface area contributed by atoms with E-state index in [1.165, 1.54) is 0 Å². The number of halogens is 4. The lowest BCUT2D eigenvalue weighted by atomic mass is 10.5. The lowest BCUT2D eigenvalue weighted by Crippen LogP contribution is -2.21. The predicted molar refractivity (Wildman–Crippen MR) is 38.2 cm³/mol. The second-order valence-corrected chi connectivity index (χ2v) is 2.11. The lowest BCUT2D eigenvalue weighted by molar-refractivity contribution is 0.139. The summed E-state index contributed by atoms with van der Waals surface area (Å²) < 4.78 is 48.1. The van der Waals surface area contributed by atoms with Gasteiger partial charge in [-0.3, -0.25) is 0 Å². The molecule has 0 rings (SSSR count). The maximum absolute atomic E-state index is 12.7. The molecule has 12 heavy (non-hydrogen) atoms. The van der Waals surface area contributed by atoms with Crippen molar-refractivity contribution in [2.45, 2.75) is 20.3 Å². The molecule has 0 saturated heterocycles. The van der Waals surface area contributed by atoms with Crippen LogP contribution in [0.4, 0.5) is 17.6 Å². The first-order valence-corrected chi connectivity index (χ1v) is 3.62. The number of alkyl halides is 2. The zero-order chi connectivity index (χ0) is 9.72. The Labute approximate surface area is 68.7 Å². The topological polar surface area (TPSA) is 3.24 Å². The molecule has 0 atom stereocenters. The molecule has 0 heterocycles. The van der Waals surface area contributed by atoms with Crippen molar-refractivity contribution >= 4 is 0 Å². The van der Waals surface area contributed by atoms with Crippen LogP contribution >= 0.6 is 0 Å². The fraction of sp³-hybridized carbons (Fsp3) is 0.714. The molecule has 72 valence electrons. The fourth-order valence-electron chi connectivity index (χ4n) is 0.742. The Morgan fingerprint density at radius 1 is 1.17 bits per heavy atom. The molecule has 0 N–H and O–H groups in total. The summed E-state index contributed by atoms with van der Waals surface area (Å²) in [5.41, 5.74) is 0. The van der Waals surface area contributed by atoms with Gasteiger partial charge in [0.15, 0.2) is 0 Å². The highest BCUT2D eigenvalue weighted by molar-refractivity contribution is 5.01. The molecule has 0 aliphatic rings. The monoisotopic (exact) mass is 185 g/mol. The summed E-state index contributed by atoms with van der Waals surface area (Å²) in [4.78, 5) is 0.890. The van der Waals surface area contributed by atoms with Crippen LogP contribution in [0, 0.1) is 0 Å². The molecule has 0 fully saturated rings. The zero-order valence-corrected chi connectivity index (χ0v) is 6.95. The van der Waals surface area contributed by atoms with E-state index in [1.807, 2.05) is 0 Å². The smallest absolute Gasteiger partial charge is 0.293 e. The standard InChI is InChI=1S/C7H11F4N/c1-3-12(4-2)7(11)5(8)6(9)10/h6H,3-4H2,1-2H3. The maximum atomic E-state index is 12.7. The highest BCUT2D eigenvalue weighted by atomic mass is 19.3. The first kappa shape index (κ1) is 11.3. The molecular weight excluding hydrogens is 174 g/mol. The van der Waals surface area contributed by atoms with Crippen molar-refractivity contribution < 1.29 is 17.6 Å². The minimum absolute atomic E-state index is 0.169. The molecular formula is C7H11F4N. The largest absolute Gasteiger partial charge is 0.347 e. The summed E-state index contributed by atoms with van der Waals surface area (Å²) in [7, 11) is 0. The Kier molecular flexibility index (Phi) is 4.70. The SMILES string of the molecule is CCN(CC)C(F)=C(F)C(F)F. The fourth-order valence-corrected chi connectivity index (χ4v) is 0.742. The average Bonchev–Trinajstić information content (AvgIpc) is 2.05. The minimum atomic E-state index is -3.37. The van der Waals surface area contributed by atoms with Crippen LogP contribution in [0.5, 0.6) is 0 Å². The van der Waals surface area contributed by atoms with Crippen molar-refractivity contribution in [1.82, 2.24) is 4.90 Å². The number of hydrogen-bond acceptors (Lipinski definition) is 1. The summed E-state index contributed by atoms with van der Waals surface area (Å²) in [6.45, 7) is 3.45. The van der Waals surface area contributed by atoms with Crippen LogP contribution in [0.15, 0.2) is 11.8 Å². The third kappa shape index (κ3) is 2.71. The van der Waals surface area contributed by atoms with Gasteiger partial charge in [-0.15, -0.1) is 0 Å². The van der Waals surface area contributed by atoms with Crippen molar-refractivity contribution in [1.29, 1.82) is 0 Å². The molecule has 0 aliphatic carbocycles. The summed E-state index contributed by atoms with van der Waals surface area (Å²) in [6, 6.07) is 0. The Hall–Kier alpha value is -0.740. The Bertz CT molecular complexity index is 163. The third-order valence-electron chi connectivity index (χ3n) is 1.43. The highest BCUT2D eigenvalue weighted by Crippen LogP contribution is 2.19. The van der Waals surface area contributed by atoms with Crippen LogP contribution < -0.4 is 0 Å². The normalized spacial score (nSPS) is 13.2. The molecule has 0 radical (unpaired) electrons. The van der Waals surface area contributed by atoms with Gasteiger partial charge in [-0.2, -0.15) is 4.39 Å². The van der Waals surface area contributed by atoms with E-state index in [0.717, 1.165) is 4.90 Å². The molecule has 0 aromatic heterocycles. The molecule has 0 unspecified atom stereocenters. The van der Waals surface area contributed by atoms with Crippen LogP contribution in [-0.4, -0.2) is 24.4 Å². The van der Waals surface area contributed by atoms with Crippen LogP contribution in [-0.2, 0) is 0 Å². The van der Waals surface area contributed by atoms with E-state index >= 15 is 0 Å². The summed E-state index contributed by atoms with van der Waals surface area (Å²) >= 11 is 0. The summed E-state index contributed by atoms with van der Waals surface area (Å²) in [6.07, 6.45) is -3.37. The summed E-state index contributed by atoms with van der Waals surface area (Å²) in [5.74, 6) is -3.45. The van der Waals surface area contributed by atoms with E-state index in [4.69, 9.17) is 0 Å². The van der Waals surface area contributed by atoms with Gasteiger partial charge in [0.2, 0.25) is 11.8 Å². The van der Waals surface area contributed by atoms with E-state index < -0.39 is 18.2 Å². The molecule has 0 amide bonds. The molecule has 0 bridgehead atoms. The van der Waals surface area contributed by atoms with Gasteiger partial charge in [-0.1, -0.05) is 0 Å². The van der Waals surface area contributed by atoms with Crippen molar-refractivity contribution in [2.24, 2.45) is 0 Å². The van der Waals surface area contributed by atoms with Crippen LogP contribution in [0.25, 0.3) is 0 Å². The van der Waals surface area contributed by atoms with Gasteiger partial charge < -0.3 is 4.90 Å². The molecule has 0 aromatic carbocycles. The Morgan fingerprint density at radius 2 is 1.58 bits per heavy atom. The molecule has 0 spiro atoms. The van der Waals surface area contributed by atoms with E-state index in [1.54, 1.807) is 13.8 Å². The van der Waals surface area contributed by atoms with E-state index in [9.17, 15) is 17.6 Å². The van der Waals surface area contributed by atoms with Gasteiger partial charge in [0.25, 0.3) is 6.43 Å². The van der Waals surface area contributed by atoms with Crippen molar-refractivity contribution in [3.8, 4) is 0 Å². The van der Waals surface area contributed by atoms with E-state index in [0.29, 0.717) is 0 Å². The first-order chi connectivity index (χ1) is 5.54. The van der Waals surface area contributed by atoms with Crippen molar-refractivity contribution in [2.75, 3.05) is 13.1 Å². The highest BCUT2D eigenvalue weighted by Gasteiger charge is 2.20. The van der Waals surface area contributed by atoms with Gasteiger partial charge in [0.05, 0.1) is 0 Å². The van der Waals surface area contributed by atoms with Gasteiger partial charge in [-0.05, 0) is 13.8 Å². The lowest BCUT2D eigenvalue weighted by Gasteiger charge is -2.18. The quantitative estimate of drug-likeness (QED) is 0.480. The molecule has 0 aromatic rings. The zero-order valence-electron chi connectivity index (χ0n) is 6.95. The second kappa shape index (κ2) is 5.00. The maximum Gasteiger partial charge on any atom is 0.293 e. The van der Waals surface area contributed by atoms with E-state index in [2.05, 4.69) is 0 Å². The van der Waals surface area contributed by atoms with Crippen molar-refractivity contribution in [3.05, 3.63) is 11.8 Å². The van der Waals surface area contributed by atoms with Crippen LogP contribution in [0.2, 0.25) is 0 Å². The molecule has 5 heteroatoms.